The molecule has 1 atom stereocenters. The van der Waals surface area contributed by atoms with Gasteiger partial charge < -0.3 is 10.6 Å². The molecule has 1 unspecified atom stereocenters. The van der Waals surface area contributed by atoms with Crippen LogP contribution >= 0.6 is 0 Å². The van der Waals surface area contributed by atoms with Crippen molar-refractivity contribution in [1.82, 2.24) is 15.5 Å². The molecular formula is C15H18F4N4O3. The van der Waals surface area contributed by atoms with Crippen LogP contribution in [0.4, 0.5) is 23.2 Å². The third-order valence-corrected chi connectivity index (χ3v) is 4.12. The van der Waals surface area contributed by atoms with Crippen LogP contribution in [0, 0.1) is 22.9 Å². The summed E-state index contributed by atoms with van der Waals surface area (Å²) in [5, 5.41) is 16.1. The van der Waals surface area contributed by atoms with Crippen molar-refractivity contribution in [3.05, 3.63) is 39.2 Å². The number of hydrogen-bond acceptors (Lipinski definition) is 5. The summed E-state index contributed by atoms with van der Waals surface area (Å²) < 4.78 is 53.4. The van der Waals surface area contributed by atoms with E-state index in [9.17, 15) is 32.5 Å². The van der Waals surface area contributed by atoms with Crippen molar-refractivity contribution in [2.75, 3.05) is 32.7 Å². The van der Waals surface area contributed by atoms with E-state index in [2.05, 4.69) is 10.6 Å². The lowest BCUT2D eigenvalue weighted by atomic mass is 10.1. The molecule has 2 N–H and O–H groups in total. The van der Waals surface area contributed by atoms with Gasteiger partial charge in [-0.1, -0.05) is 0 Å². The van der Waals surface area contributed by atoms with E-state index < -0.39 is 46.7 Å². The summed E-state index contributed by atoms with van der Waals surface area (Å²) in [4.78, 5) is 23.6. The first-order chi connectivity index (χ1) is 12.1. The summed E-state index contributed by atoms with van der Waals surface area (Å²) in [5.74, 6) is -2.00. The number of nitrogens with zero attached hydrogens (tertiary/aromatic N) is 2. The highest BCUT2D eigenvalue weighted by Gasteiger charge is 2.44. The minimum absolute atomic E-state index is 0.0883. The smallest absolute Gasteiger partial charge is 0.350 e. The monoisotopic (exact) mass is 378 g/mol. The SMILES string of the molecule is Cc1cc(F)cc(C(=O)NCC(N2CCNCC2)C(F)(F)F)c1[N+](=O)[O-]. The number of halogens is 4. The normalized spacial score (nSPS) is 17.0. The molecule has 2 rings (SSSR count). The number of amides is 1. The lowest BCUT2D eigenvalue weighted by Gasteiger charge is -2.35. The zero-order valence-electron chi connectivity index (χ0n) is 13.9. The Morgan fingerprint density at radius 3 is 2.54 bits per heavy atom. The highest BCUT2D eigenvalue weighted by atomic mass is 19.4. The lowest BCUT2D eigenvalue weighted by Crippen LogP contribution is -2.57. The van der Waals surface area contributed by atoms with Gasteiger partial charge in [-0.3, -0.25) is 19.8 Å². The van der Waals surface area contributed by atoms with E-state index >= 15 is 0 Å². The Hall–Kier alpha value is -2.27. The molecule has 1 aromatic carbocycles. The first-order valence-corrected chi connectivity index (χ1v) is 7.85. The van der Waals surface area contributed by atoms with Gasteiger partial charge in [0.1, 0.15) is 17.4 Å². The number of hydrogen-bond donors (Lipinski definition) is 2. The predicted octanol–water partition coefficient (Wildman–Crippen LogP) is 1.61. The Labute approximate surface area is 146 Å². The molecule has 26 heavy (non-hydrogen) atoms. The van der Waals surface area contributed by atoms with Gasteiger partial charge in [0, 0.05) is 38.3 Å². The summed E-state index contributed by atoms with van der Waals surface area (Å²) in [7, 11) is 0. The molecule has 11 heteroatoms. The number of piperazine rings is 1. The van der Waals surface area contributed by atoms with Gasteiger partial charge in [-0.2, -0.15) is 13.2 Å². The molecule has 144 valence electrons. The molecule has 0 spiro atoms. The van der Waals surface area contributed by atoms with Crippen LogP contribution in [0.1, 0.15) is 15.9 Å². The third kappa shape index (κ3) is 4.67. The number of nitro benzene ring substituents is 1. The van der Waals surface area contributed by atoms with Crippen molar-refractivity contribution < 1.29 is 27.3 Å². The fourth-order valence-electron chi connectivity index (χ4n) is 2.88. The van der Waals surface area contributed by atoms with E-state index in [1.807, 2.05) is 0 Å². The Kier molecular flexibility index (Phi) is 6.13. The zero-order valence-corrected chi connectivity index (χ0v) is 13.9. The summed E-state index contributed by atoms with van der Waals surface area (Å²) in [6.45, 7) is 1.54. The second kappa shape index (κ2) is 7.96. The minimum atomic E-state index is -4.59. The van der Waals surface area contributed by atoms with Crippen molar-refractivity contribution in [3.8, 4) is 0 Å². The number of rotatable bonds is 5. The zero-order chi connectivity index (χ0) is 19.5. The Morgan fingerprint density at radius 2 is 2.00 bits per heavy atom. The quantitative estimate of drug-likeness (QED) is 0.462. The van der Waals surface area contributed by atoms with E-state index in [-0.39, 0.29) is 18.7 Å². The average molecular weight is 378 g/mol. The van der Waals surface area contributed by atoms with Crippen molar-refractivity contribution in [2.45, 2.75) is 19.1 Å². The highest BCUT2D eigenvalue weighted by Crippen LogP contribution is 2.27. The van der Waals surface area contributed by atoms with Crippen LogP contribution in [0.25, 0.3) is 0 Å². The molecule has 0 saturated carbocycles. The Balaban J connectivity index is 2.19. The Morgan fingerprint density at radius 1 is 1.38 bits per heavy atom. The molecule has 0 bridgehead atoms. The van der Waals surface area contributed by atoms with Crippen molar-refractivity contribution >= 4 is 11.6 Å². The molecule has 1 aliphatic rings. The topological polar surface area (TPSA) is 87.5 Å². The van der Waals surface area contributed by atoms with Crippen LogP contribution in [0.3, 0.4) is 0 Å². The molecule has 7 nitrogen and oxygen atoms in total. The molecule has 0 radical (unpaired) electrons. The number of carbonyl (C=O) groups is 1. The first kappa shape index (κ1) is 20.0. The van der Waals surface area contributed by atoms with Crippen molar-refractivity contribution in [1.29, 1.82) is 0 Å². The van der Waals surface area contributed by atoms with Gasteiger partial charge >= 0.3 is 6.18 Å². The molecule has 1 saturated heterocycles. The molecule has 1 amide bonds. The summed E-state index contributed by atoms with van der Waals surface area (Å²) in [6.07, 6.45) is -4.59. The standard InChI is InChI=1S/C15H18F4N4O3/c1-9-6-10(16)7-11(13(9)23(25)26)14(24)21-8-12(15(17,18)19)22-4-2-20-3-5-22/h6-7,12,20H,2-5,8H2,1H3,(H,21,24). The van der Waals surface area contributed by atoms with Gasteiger partial charge in [-0.15, -0.1) is 0 Å². The van der Waals surface area contributed by atoms with E-state index in [4.69, 9.17) is 0 Å². The van der Waals surface area contributed by atoms with E-state index in [1.54, 1.807) is 0 Å². The minimum Gasteiger partial charge on any atom is -0.350 e. The van der Waals surface area contributed by atoms with Crippen LogP contribution in [-0.2, 0) is 0 Å². The predicted molar refractivity (Wildman–Crippen MR) is 84.4 cm³/mol. The molecule has 1 aliphatic heterocycles. The van der Waals surface area contributed by atoms with E-state index in [0.29, 0.717) is 19.2 Å². The molecule has 1 heterocycles. The molecule has 0 aliphatic carbocycles. The van der Waals surface area contributed by atoms with Gasteiger partial charge in [0.15, 0.2) is 0 Å². The largest absolute Gasteiger partial charge is 0.405 e. The van der Waals surface area contributed by atoms with E-state index in [0.717, 1.165) is 6.07 Å². The number of carbonyl (C=O) groups excluding carboxylic acids is 1. The maximum absolute atomic E-state index is 13.5. The second-order valence-corrected chi connectivity index (χ2v) is 5.93. The molecule has 1 aromatic rings. The summed E-state index contributed by atoms with van der Waals surface area (Å²) >= 11 is 0. The number of nitrogens with one attached hydrogen (secondary N) is 2. The maximum atomic E-state index is 13.5. The summed E-state index contributed by atoms with van der Waals surface area (Å²) in [5.41, 5.74) is -1.32. The van der Waals surface area contributed by atoms with Gasteiger partial charge in [0.2, 0.25) is 0 Å². The van der Waals surface area contributed by atoms with Gasteiger partial charge in [-0.25, -0.2) is 4.39 Å². The first-order valence-electron chi connectivity index (χ1n) is 7.85. The fourth-order valence-corrected chi connectivity index (χ4v) is 2.88. The number of aryl methyl sites for hydroxylation is 1. The number of alkyl halides is 3. The van der Waals surface area contributed by atoms with Crippen LogP contribution < -0.4 is 10.6 Å². The molecular weight excluding hydrogens is 360 g/mol. The van der Waals surface area contributed by atoms with Crippen molar-refractivity contribution in [2.24, 2.45) is 0 Å². The van der Waals surface area contributed by atoms with Gasteiger partial charge in [-0.05, 0) is 19.1 Å². The molecule has 1 fully saturated rings. The van der Waals surface area contributed by atoms with Crippen molar-refractivity contribution in [3.63, 3.8) is 0 Å². The van der Waals surface area contributed by atoms with Gasteiger partial charge in [0.25, 0.3) is 11.6 Å². The van der Waals surface area contributed by atoms with Crippen LogP contribution in [0.2, 0.25) is 0 Å². The van der Waals surface area contributed by atoms with Crippen LogP contribution in [-0.4, -0.2) is 60.7 Å². The average Bonchev–Trinajstić information content (AvgIpc) is 2.53. The maximum Gasteiger partial charge on any atom is 0.405 e. The highest BCUT2D eigenvalue weighted by molar-refractivity contribution is 5.98. The van der Waals surface area contributed by atoms with Crippen LogP contribution in [0.15, 0.2) is 12.1 Å². The van der Waals surface area contributed by atoms with E-state index in [1.165, 1.54) is 11.8 Å². The Bertz CT molecular complexity index is 690. The fraction of sp³-hybridized carbons (Fsp3) is 0.533. The number of benzene rings is 1. The second-order valence-electron chi connectivity index (χ2n) is 5.93. The van der Waals surface area contributed by atoms with Crippen LogP contribution in [0.5, 0.6) is 0 Å². The third-order valence-electron chi connectivity index (χ3n) is 4.12. The lowest BCUT2D eigenvalue weighted by molar-refractivity contribution is -0.385. The number of nitro groups is 1. The van der Waals surface area contributed by atoms with Gasteiger partial charge in [0.05, 0.1) is 4.92 Å². The summed E-state index contributed by atoms with van der Waals surface area (Å²) in [6, 6.07) is -0.399. The molecule has 0 aromatic heterocycles.